The van der Waals surface area contributed by atoms with Gasteiger partial charge in [-0.15, -0.1) is 0 Å². The largest absolute Gasteiger partial charge is 0.266 e. The van der Waals surface area contributed by atoms with E-state index in [1.807, 2.05) is 0 Å². The van der Waals surface area contributed by atoms with Crippen molar-refractivity contribution in [2.75, 3.05) is 6.54 Å². The van der Waals surface area contributed by atoms with E-state index in [1.54, 1.807) is 4.31 Å². The zero-order valence-electron chi connectivity index (χ0n) is 8.26. The second-order valence-corrected chi connectivity index (χ2v) is 6.19. The standard InChI is InChI=1S/C9H13N3O2S/c13-15(14,9-3-4-10-11-9)12-6-7-1-2-8(12)5-7/h3-4,7-8H,1-2,5-6H2,(H,10,11). The molecule has 15 heavy (non-hydrogen) atoms. The van der Waals surface area contributed by atoms with Gasteiger partial charge in [-0.1, -0.05) is 0 Å². The number of aromatic amines is 1. The van der Waals surface area contributed by atoms with Gasteiger partial charge in [0.2, 0.25) is 0 Å². The van der Waals surface area contributed by atoms with E-state index in [0.717, 1.165) is 12.8 Å². The predicted molar refractivity (Wildman–Crippen MR) is 53.6 cm³/mol. The summed E-state index contributed by atoms with van der Waals surface area (Å²) in [5.41, 5.74) is 0. The molecule has 5 nitrogen and oxygen atoms in total. The fourth-order valence-electron chi connectivity index (χ4n) is 2.69. The van der Waals surface area contributed by atoms with Crippen molar-refractivity contribution in [1.82, 2.24) is 14.5 Å². The second kappa shape index (κ2) is 3.05. The van der Waals surface area contributed by atoms with E-state index in [2.05, 4.69) is 10.2 Å². The molecule has 3 rings (SSSR count). The number of piperidine rings is 1. The first-order valence-corrected chi connectivity index (χ1v) is 6.63. The summed E-state index contributed by atoms with van der Waals surface area (Å²) >= 11 is 0. The van der Waals surface area contributed by atoms with E-state index in [4.69, 9.17) is 0 Å². The Morgan fingerprint density at radius 2 is 2.33 bits per heavy atom. The van der Waals surface area contributed by atoms with E-state index in [9.17, 15) is 8.42 Å². The molecule has 82 valence electrons. The summed E-state index contributed by atoms with van der Waals surface area (Å²) in [5, 5.41) is 6.44. The molecule has 2 fully saturated rings. The van der Waals surface area contributed by atoms with Crippen molar-refractivity contribution in [1.29, 1.82) is 0 Å². The number of rotatable bonds is 2. The number of hydrogen-bond donors (Lipinski definition) is 1. The number of fused-ring (bicyclic) bond motifs is 2. The van der Waals surface area contributed by atoms with E-state index in [-0.39, 0.29) is 11.1 Å². The second-order valence-electron chi connectivity index (χ2n) is 4.33. The molecule has 6 heteroatoms. The molecule has 0 aromatic carbocycles. The van der Waals surface area contributed by atoms with Crippen LogP contribution in [0.2, 0.25) is 0 Å². The van der Waals surface area contributed by atoms with Crippen molar-refractivity contribution in [3.63, 3.8) is 0 Å². The SMILES string of the molecule is O=S(=O)(c1ccn[nH]1)N1CC2CCC1C2. The average Bonchev–Trinajstić information content (AvgIpc) is 2.94. The zero-order chi connectivity index (χ0) is 10.5. The molecule has 1 N–H and O–H groups in total. The maximum absolute atomic E-state index is 12.1. The molecular formula is C9H13N3O2S. The molecular weight excluding hydrogens is 214 g/mol. The third-order valence-corrected chi connectivity index (χ3v) is 5.27. The normalized spacial score (nSPS) is 31.2. The van der Waals surface area contributed by atoms with Crippen LogP contribution in [-0.4, -0.2) is 35.5 Å². The van der Waals surface area contributed by atoms with Crippen LogP contribution in [0.5, 0.6) is 0 Å². The van der Waals surface area contributed by atoms with Crippen molar-refractivity contribution < 1.29 is 8.42 Å². The minimum atomic E-state index is -3.31. The van der Waals surface area contributed by atoms with Crippen LogP contribution in [-0.2, 0) is 10.0 Å². The quantitative estimate of drug-likeness (QED) is 0.803. The van der Waals surface area contributed by atoms with E-state index in [0.29, 0.717) is 12.5 Å². The highest BCUT2D eigenvalue weighted by Crippen LogP contribution is 2.40. The molecule has 1 aliphatic carbocycles. The van der Waals surface area contributed by atoms with Gasteiger partial charge in [-0.25, -0.2) is 8.42 Å². The van der Waals surface area contributed by atoms with Gasteiger partial charge in [0.25, 0.3) is 10.0 Å². The summed E-state index contributed by atoms with van der Waals surface area (Å²) in [4.78, 5) is 0. The van der Waals surface area contributed by atoms with Crippen molar-refractivity contribution in [3.8, 4) is 0 Å². The van der Waals surface area contributed by atoms with E-state index in [1.165, 1.54) is 18.7 Å². The van der Waals surface area contributed by atoms with Gasteiger partial charge in [0, 0.05) is 12.6 Å². The first kappa shape index (κ1) is 9.35. The molecule has 2 unspecified atom stereocenters. The van der Waals surface area contributed by atoms with Crippen LogP contribution in [0.25, 0.3) is 0 Å². The number of aromatic nitrogens is 2. The van der Waals surface area contributed by atoms with E-state index < -0.39 is 10.0 Å². The number of hydrogen-bond acceptors (Lipinski definition) is 3. The van der Waals surface area contributed by atoms with Gasteiger partial charge in [-0.05, 0) is 31.2 Å². The Labute approximate surface area is 88.5 Å². The Kier molecular flexibility index (Phi) is 1.90. The van der Waals surface area contributed by atoms with Crippen molar-refractivity contribution in [2.24, 2.45) is 5.92 Å². The van der Waals surface area contributed by atoms with Gasteiger partial charge < -0.3 is 0 Å². The van der Waals surface area contributed by atoms with Gasteiger partial charge >= 0.3 is 0 Å². The van der Waals surface area contributed by atoms with Crippen molar-refractivity contribution >= 4 is 10.0 Å². The van der Waals surface area contributed by atoms with Crippen LogP contribution >= 0.6 is 0 Å². The molecule has 1 saturated carbocycles. The summed E-state index contributed by atoms with van der Waals surface area (Å²) in [6, 6.07) is 1.74. The van der Waals surface area contributed by atoms with Crippen LogP contribution in [0.1, 0.15) is 19.3 Å². The minimum absolute atomic E-state index is 0.218. The Balaban J connectivity index is 1.95. The molecule has 1 aromatic rings. The molecule has 2 bridgehead atoms. The summed E-state index contributed by atoms with van der Waals surface area (Å²) < 4.78 is 25.9. The van der Waals surface area contributed by atoms with Crippen LogP contribution in [0.3, 0.4) is 0 Å². The molecule has 0 amide bonds. The average molecular weight is 227 g/mol. The molecule has 2 atom stereocenters. The minimum Gasteiger partial charge on any atom is -0.266 e. The third kappa shape index (κ3) is 1.32. The summed E-state index contributed by atoms with van der Waals surface area (Å²) in [6.45, 7) is 0.687. The van der Waals surface area contributed by atoms with Gasteiger partial charge in [0.1, 0.15) is 0 Å². The lowest BCUT2D eigenvalue weighted by Gasteiger charge is -2.25. The van der Waals surface area contributed by atoms with Gasteiger partial charge in [0.15, 0.2) is 5.03 Å². The van der Waals surface area contributed by atoms with Crippen LogP contribution < -0.4 is 0 Å². The molecule has 2 heterocycles. The van der Waals surface area contributed by atoms with E-state index >= 15 is 0 Å². The molecule has 1 aliphatic heterocycles. The monoisotopic (exact) mass is 227 g/mol. The Morgan fingerprint density at radius 1 is 1.47 bits per heavy atom. The predicted octanol–water partition coefficient (Wildman–Crippen LogP) is 0.583. The summed E-state index contributed by atoms with van der Waals surface area (Å²) in [7, 11) is -3.31. The number of nitrogens with zero attached hydrogens (tertiary/aromatic N) is 2. The Morgan fingerprint density at radius 3 is 2.87 bits per heavy atom. The number of sulfonamides is 1. The highest BCUT2D eigenvalue weighted by Gasteiger charge is 2.44. The molecule has 1 saturated heterocycles. The molecule has 1 aromatic heterocycles. The van der Waals surface area contributed by atoms with Gasteiger partial charge in [-0.2, -0.15) is 9.40 Å². The van der Waals surface area contributed by atoms with Gasteiger partial charge in [-0.3, -0.25) is 5.10 Å². The van der Waals surface area contributed by atoms with Crippen LogP contribution in [0.4, 0.5) is 0 Å². The first-order valence-electron chi connectivity index (χ1n) is 5.19. The lowest BCUT2D eigenvalue weighted by Crippen LogP contribution is -2.37. The van der Waals surface area contributed by atoms with Crippen molar-refractivity contribution in [2.45, 2.75) is 30.3 Å². The number of H-pyrrole nitrogens is 1. The first-order chi connectivity index (χ1) is 7.18. The van der Waals surface area contributed by atoms with Crippen LogP contribution in [0, 0.1) is 5.92 Å². The highest BCUT2D eigenvalue weighted by molar-refractivity contribution is 7.89. The molecule has 0 radical (unpaired) electrons. The summed E-state index contributed by atoms with van der Waals surface area (Å²) in [6.07, 6.45) is 4.70. The van der Waals surface area contributed by atoms with Gasteiger partial charge in [0.05, 0.1) is 6.20 Å². The maximum Gasteiger partial charge on any atom is 0.260 e. The lowest BCUT2D eigenvalue weighted by molar-refractivity contribution is 0.332. The number of nitrogens with one attached hydrogen (secondary N) is 1. The molecule has 0 spiro atoms. The van der Waals surface area contributed by atoms with Crippen molar-refractivity contribution in [3.05, 3.63) is 12.3 Å². The third-order valence-electron chi connectivity index (χ3n) is 3.42. The topological polar surface area (TPSA) is 66.1 Å². The zero-order valence-corrected chi connectivity index (χ0v) is 9.07. The lowest BCUT2D eigenvalue weighted by atomic mass is 10.1. The fourth-order valence-corrected chi connectivity index (χ4v) is 4.33. The fraction of sp³-hybridized carbons (Fsp3) is 0.667. The molecule has 2 aliphatic rings. The maximum atomic E-state index is 12.1. The Bertz CT molecular complexity index is 454. The summed E-state index contributed by atoms with van der Waals surface area (Å²) in [5.74, 6) is 0.577. The smallest absolute Gasteiger partial charge is 0.260 e. The van der Waals surface area contributed by atoms with Crippen LogP contribution in [0.15, 0.2) is 17.3 Å². The highest BCUT2D eigenvalue weighted by atomic mass is 32.2. The Hall–Kier alpha value is -0.880.